The zero-order valence-electron chi connectivity index (χ0n) is 14.2. The number of carbonyl (C=O) groups is 2. The molecule has 4 rings (SSSR count). The normalized spacial score (nSPS) is 34.0. The summed E-state index contributed by atoms with van der Waals surface area (Å²) in [6, 6.07) is 0. The highest BCUT2D eigenvalue weighted by Gasteiger charge is 2.71. The van der Waals surface area contributed by atoms with Crippen LogP contribution in [-0.2, 0) is 14.3 Å². The summed E-state index contributed by atoms with van der Waals surface area (Å²) in [5.41, 5.74) is 0.380. The third kappa shape index (κ3) is 2.35. The number of hydrogen-bond donors (Lipinski definition) is 1. The molecule has 23 heavy (non-hydrogen) atoms. The third-order valence-electron chi connectivity index (χ3n) is 6.50. The van der Waals surface area contributed by atoms with Crippen molar-refractivity contribution in [2.45, 2.75) is 64.6 Å². The number of ether oxygens (including phenoxy) is 1. The molecule has 1 amide bonds. The molecular formula is C18H26NO4+. The Hall–Kier alpha value is -1.23. The minimum Gasteiger partial charge on any atom is -0.474 e. The van der Waals surface area contributed by atoms with Crippen molar-refractivity contribution in [3.63, 3.8) is 0 Å². The number of rotatable bonds is 6. The maximum atomic E-state index is 12.6. The number of carboxylic acid groups (broad SMARTS) is 1. The van der Waals surface area contributed by atoms with Gasteiger partial charge in [0, 0.05) is 5.92 Å². The summed E-state index contributed by atoms with van der Waals surface area (Å²) < 4.78 is 7.69. The van der Waals surface area contributed by atoms with Crippen molar-refractivity contribution in [3.8, 4) is 0 Å². The van der Waals surface area contributed by atoms with E-state index in [1.807, 2.05) is 6.92 Å². The quantitative estimate of drug-likeness (QED) is 0.761. The molecule has 0 aromatic carbocycles. The number of fused-ring (bicyclic) bond motifs is 1. The molecule has 0 saturated heterocycles. The van der Waals surface area contributed by atoms with Gasteiger partial charge in [-0.1, -0.05) is 13.8 Å². The molecule has 5 heteroatoms. The van der Waals surface area contributed by atoms with Crippen LogP contribution in [0.1, 0.15) is 52.9 Å². The van der Waals surface area contributed by atoms with Gasteiger partial charge in [0.25, 0.3) is 5.71 Å². The van der Waals surface area contributed by atoms with Crippen molar-refractivity contribution in [3.05, 3.63) is 0 Å². The van der Waals surface area contributed by atoms with Crippen molar-refractivity contribution < 1.29 is 24.0 Å². The van der Waals surface area contributed by atoms with Gasteiger partial charge in [0.1, 0.15) is 6.42 Å². The SMILES string of the molecule is C[C@H](CC(=O)[N+]1=C(C(=O)O)[C@@H]2[C@H](C1)C2(C)C)OC1(C2CC2)CC1. The van der Waals surface area contributed by atoms with Gasteiger partial charge in [-0.2, -0.15) is 4.58 Å². The van der Waals surface area contributed by atoms with E-state index >= 15 is 0 Å². The Morgan fingerprint density at radius 3 is 2.52 bits per heavy atom. The molecule has 1 aliphatic heterocycles. The van der Waals surface area contributed by atoms with E-state index in [9.17, 15) is 14.7 Å². The summed E-state index contributed by atoms with van der Waals surface area (Å²) in [7, 11) is 0. The summed E-state index contributed by atoms with van der Waals surface area (Å²) in [5.74, 6) is -0.0102. The van der Waals surface area contributed by atoms with Gasteiger partial charge >= 0.3 is 11.9 Å². The topological polar surface area (TPSA) is 66.6 Å². The van der Waals surface area contributed by atoms with Gasteiger partial charge in [0.05, 0.1) is 17.6 Å². The summed E-state index contributed by atoms with van der Waals surface area (Å²) in [6.07, 6.45) is 4.89. The number of carboxylic acids is 1. The first-order valence-corrected chi connectivity index (χ1v) is 8.84. The first-order chi connectivity index (χ1) is 10.8. The van der Waals surface area contributed by atoms with Crippen LogP contribution in [0.2, 0.25) is 0 Å². The average Bonchev–Trinajstić information content (AvgIpc) is 3.35. The van der Waals surface area contributed by atoms with Gasteiger partial charge in [0.15, 0.2) is 6.54 Å². The van der Waals surface area contributed by atoms with E-state index in [0.717, 1.165) is 12.8 Å². The fraction of sp³-hybridized carbons (Fsp3) is 0.833. The molecule has 0 unspecified atom stereocenters. The maximum Gasteiger partial charge on any atom is 0.397 e. The monoisotopic (exact) mass is 320 g/mol. The Balaban J connectivity index is 1.43. The Bertz CT molecular complexity index is 613. The van der Waals surface area contributed by atoms with E-state index in [4.69, 9.17) is 4.74 Å². The summed E-state index contributed by atoms with van der Waals surface area (Å²) in [5, 5.41) is 9.51. The smallest absolute Gasteiger partial charge is 0.397 e. The van der Waals surface area contributed by atoms with Crippen LogP contribution in [0.4, 0.5) is 0 Å². The molecule has 4 aliphatic rings. The lowest BCUT2D eigenvalue weighted by Crippen LogP contribution is -2.36. The van der Waals surface area contributed by atoms with Crippen LogP contribution in [0.25, 0.3) is 0 Å². The Kier molecular flexibility index (Phi) is 3.10. The highest BCUT2D eigenvalue weighted by molar-refractivity contribution is 6.36. The first-order valence-electron chi connectivity index (χ1n) is 8.84. The zero-order valence-corrected chi connectivity index (χ0v) is 14.2. The Morgan fingerprint density at radius 2 is 2.00 bits per heavy atom. The minimum absolute atomic E-state index is 0.0245. The van der Waals surface area contributed by atoms with Crippen molar-refractivity contribution in [2.24, 2.45) is 23.2 Å². The van der Waals surface area contributed by atoms with Crippen molar-refractivity contribution in [1.29, 1.82) is 0 Å². The molecule has 3 aliphatic carbocycles. The maximum absolute atomic E-state index is 12.6. The number of aliphatic carboxylic acids is 1. The van der Waals surface area contributed by atoms with Gasteiger partial charge < -0.3 is 9.84 Å². The predicted octanol–water partition coefficient (Wildman–Crippen LogP) is 2.07. The van der Waals surface area contributed by atoms with Crippen LogP contribution in [0.15, 0.2) is 0 Å². The fourth-order valence-electron chi connectivity index (χ4n) is 4.73. The second-order valence-corrected chi connectivity index (χ2v) is 8.57. The largest absolute Gasteiger partial charge is 0.474 e. The van der Waals surface area contributed by atoms with Crippen LogP contribution in [0.5, 0.6) is 0 Å². The lowest BCUT2D eigenvalue weighted by Gasteiger charge is -2.20. The molecule has 0 radical (unpaired) electrons. The number of nitrogens with zero attached hydrogens (tertiary/aromatic N) is 1. The Labute approximate surface area is 136 Å². The molecule has 3 saturated carbocycles. The minimum atomic E-state index is -0.943. The van der Waals surface area contributed by atoms with Crippen LogP contribution >= 0.6 is 0 Å². The van der Waals surface area contributed by atoms with Gasteiger partial charge in [-0.25, -0.2) is 9.59 Å². The van der Waals surface area contributed by atoms with Crippen LogP contribution in [0, 0.1) is 23.2 Å². The molecule has 0 bridgehead atoms. The highest BCUT2D eigenvalue weighted by atomic mass is 16.5. The highest BCUT2D eigenvalue weighted by Crippen LogP contribution is 2.61. The van der Waals surface area contributed by atoms with Crippen molar-refractivity contribution in [2.75, 3.05) is 6.54 Å². The summed E-state index contributed by atoms with van der Waals surface area (Å²) >= 11 is 0. The van der Waals surface area contributed by atoms with Crippen molar-refractivity contribution in [1.82, 2.24) is 0 Å². The second kappa shape index (κ2) is 4.65. The summed E-state index contributed by atoms with van der Waals surface area (Å²) in [6.45, 7) is 6.68. The van der Waals surface area contributed by atoms with E-state index in [0.29, 0.717) is 24.1 Å². The molecule has 0 aromatic rings. The van der Waals surface area contributed by atoms with Gasteiger partial charge in [-0.3, -0.25) is 0 Å². The van der Waals surface area contributed by atoms with Gasteiger partial charge in [-0.15, -0.1) is 0 Å². The molecule has 1 heterocycles. The standard InChI is InChI=1S/C18H25NO4/c1-10(23-18(6-7-18)11-4-5-11)8-13(20)19-9-12-14(17(12,2)3)15(19)16(21)22/h10-12,14H,4-9H2,1-3H3/p+1/t10-,12+,14+/m1/s1. The molecule has 0 spiro atoms. The van der Waals surface area contributed by atoms with Crippen LogP contribution in [0.3, 0.4) is 0 Å². The molecule has 3 atom stereocenters. The molecule has 126 valence electrons. The van der Waals surface area contributed by atoms with E-state index in [1.165, 1.54) is 17.4 Å². The fourth-order valence-corrected chi connectivity index (χ4v) is 4.73. The lowest BCUT2D eigenvalue weighted by molar-refractivity contribution is -0.449. The van der Waals surface area contributed by atoms with Crippen LogP contribution < -0.4 is 0 Å². The van der Waals surface area contributed by atoms with E-state index in [1.54, 1.807) is 0 Å². The summed E-state index contributed by atoms with van der Waals surface area (Å²) in [4.78, 5) is 24.2. The number of amides is 1. The Morgan fingerprint density at radius 1 is 1.35 bits per heavy atom. The first kappa shape index (κ1) is 15.3. The van der Waals surface area contributed by atoms with Gasteiger partial charge in [0.2, 0.25) is 0 Å². The molecule has 3 fully saturated rings. The predicted molar refractivity (Wildman–Crippen MR) is 83.4 cm³/mol. The number of carbonyl (C=O) groups excluding carboxylic acids is 1. The molecule has 0 aromatic heterocycles. The van der Waals surface area contributed by atoms with E-state index in [-0.39, 0.29) is 35.4 Å². The second-order valence-electron chi connectivity index (χ2n) is 8.57. The van der Waals surface area contributed by atoms with Gasteiger partial charge in [-0.05, 0) is 43.9 Å². The molecule has 1 N–H and O–H groups in total. The average molecular weight is 320 g/mol. The van der Waals surface area contributed by atoms with Crippen LogP contribution in [-0.4, -0.2) is 45.5 Å². The number of hydrogen-bond acceptors (Lipinski definition) is 3. The zero-order chi connectivity index (χ0) is 16.6. The lowest BCUT2D eigenvalue weighted by atomic mass is 10.0. The van der Waals surface area contributed by atoms with E-state index < -0.39 is 5.97 Å². The molecule has 5 nitrogen and oxygen atoms in total. The third-order valence-corrected chi connectivity index (χ3v) is 6.50. The van der Waals surface area contributed by atoms with E-state index in [2.05, 4.69) is 13.8 Å². The van der Waals surface area contributed by atoms with Crippen molar-refractivity contribution >= 4 is 17.6 Å². The molecular weight excluding hydrogens is 294 g/mol.